The van der Waals surface area contributed by atoms with Gasteiger partial charge in [0.2, 0.25) is 5.91 Å². The van der Waals surface area contributed by atoms with E-state index in [1.807, 2.05) is 0 Å². The zero-order chi connectivity index (χ0) is 20.3. The van der Waals surface area contributed by atoms with Crippen LogP contribution in [-0.2, 0) is 4.79 Å². The van der Waals surface area contributed by atoms with Crippen molar-refractivity contribution in [2.24, 2.45) is 17.3 Å². The molecule has 3 heterocycles. The Morgan fingerprint density at radius 3 is 2.34 bits per heavy atom. The summed E-state index contributed by atoms with van der Waals surface area (Å²) in [6.45, 7) is 12.8. The Kier molecular flexibility index (Phi) is 7.22. The van der Waals surface area contributed by atoms with Crippen LogP contribution in [0, 0.1) is 17.3 Å². The zero-order valence-electron chi connectivity index (χ0n) is 19.2. The van der Waals surface area contributed by atoms with Crippen molar-refractivity contribution in [1.29, 1.82) is 0 Å². The fourth-order valence-electron chi connectivity index (χ4n) is 6.73. The number of amides is 1. The highest BCUT2D eigenvalue weighted by Gasteiger charge is 2.43. The first-order valence-corrected chi connectivity index (χ1v) is 12.8. The lowest BCUT2D eigenvalue weighted by atomic mass is 9.78. The molecule has 4 heteroatoms. The minimum absolute atomic E-state index is 0.406. The molecule has 0 aromatic heterocycles. The summed E-state index contributed by atoms with van der Waals surface area (Å²) < 4.78 is 0. The van der Waals surface area contributed by atoms with Crippen LogP contribution in [0.2, 0.25) is 0 Å². The summed E-state index contributed by atoms with van der Waals surface area (Å²) >= 11 is 0. The van der Waals surface area contributed by atoms with E-state index in [1.54, 1.807) is 0 Å². The number of carbonyl (C=O) groups excluding carboxylic acids is 1. The van der Waals surface area contributed by atoms with Crippen molar-refractivity contribution in [3.8, 4) is 0 Å². The van der Waals surface area contributed by atoms with Crippen molar-refractivity contribution in [2.75, 3.05) is 45.8 Å². The van der Waals surface area contributed by atoms with Crippen molar-refractivity contribution in [3.05, 3.63) is 0 Å². The first-order chi connectivity index (χ1) is 14.0. The van der Waals surface area contributed by atoms with Gasteiger partial charge in [0.1, 0.15) is 0 Å². The van der Waals surface area contributed by atoms with Crippen molar-refractivity contribution in [2.45, 2.75) is 90.5 Å². The Morgan fingerprint density at radius 1 is 0.862 bits per heavy atom. The van der Waals surface area contributed by atoms with Crippen molar-refractivity contribution in [1.82, 2.24) is 14.7 Å². The number of nitrogens with zero attached hydrogens (tertiary/aromatic N) is 3. The maximum atomic E-state index is 13.1. The van der Waals surface area contributed by atoms with E-state index in [9.17, 15) is 4.79 Å². The molecule has 1 aliphatic carbocycles. The molecule has 3 aliphatic heterocycles. The van der Waals surface area contributed by atoms with E-state index in [0.29, 0.717) is 23.3 Å². The van der Waals surface area contributed by atoms with Crippen LogP contribution in [0.4, 0.5) is 0 Å². The lowest BCUT2D eigenvalue weighted by molar-refractivity contribution is -0.132. The molecule has 4 fully saturated rings. The molecule has 29 heavy (non-hydrogen) atoms. The molecule has 1 amide bonds. The highest BCUT2D eigenvalue weighted by molar-refractivity contribution is 5.76. The molecule has 0 radical (unpaired) electrons. The third-order valence-electron chi connectivity index (χ3n) is 8.62. The van der Waals surface area contributed by atoms with E-state index >= 15 is 0 Å². The number of piperidine rings is 2. The second-order valence-corrected chi connectivity index (χ2v) is 11.2. The van der Waals surface area contributed by atoms with Gasteiger partial charge in [-0.05, 0) is 90.3 Å². The largest absolute Gasteiger partial charge is 0.342 e. The van der Waals surface area contributed by atoms with E-state index < -0.39 is 0 Å². The lowest BCUT2D eigenvalue weighted by Crippen LogP contribution is -2.47. The van der Waals surface area contributed by atoms with Gasteiger partial charge >= 0.3 is 0 Å². The van der Waals surface area contributed by atoms with Crippen LogP contribution in [0.1, 0.15) is 84.5 Å². The van der Waals surface area contributed by atoms with Crippen molar-refractivity contribution >= 4 is 5.91 Å². The first-order valence-electron chi connectivity index (χ1n) is 12.8. The summed E-state index contributed by atoms with van der Waals surface area (Å²) in [6, 6.07) is 0.646. The van der Waals surface area contributed by atoms with E-state index in [-0.39, 0.29) is 0 Å². The molecular formula is C25H45N3O. The van der Waals surface area contributed by atoms with E-state index in [0.717, 1.165) is 25.4 Å². The van der Waals surface area contributed by atoms with Crippen LogP contribution in [0.5, 0.6) is 0 Å². The summed E-state index contributed by atoms with van der Waals surface area (Å²) in [5, 5.41) is 0. The van der Waals surface area contributed by atoms with Crippen LogP contribution >= 0.6 is 0 Å². The first kappa shape index (κ1) is 21.6. The highest BCUT2D eigenvalue weighted by atomic mass is 16.2. The predicted octanol–water partition coefficient (Wildman–Crippen LogP) is 4.39. The molecule has 0 bridgehead atoms. The molecule has 0 aromatic carbocycles. The number of hydrogen-bond donors (Lipinski definition) is 0. The van der Waals surface area contributed by atoms with Gasteiger partial charge in [0.15, 0.2) is 0 Å². The van der Waals surface area contributed by atoms with Crippen LogP contribution in [-0.4, -0.2) is 72.5 Å². The molecular weight excluding hydrogens is 358 g/mol. The van der Waals surface area contributed by atoms with Gasteiger partial charge in [-0.1, -0.05) is 19.3 Å². The maximum absolute atomic E-state index is 13.1. The molecule has 1 unspecified atom stereocenters. The second-order valence-electron chi connectivity index (χ2n) is 11.2. The van der Waals surface area contributed by atoms with Crippen LogP contribution in [0.15, 0.2) is 0 Å². The molecule has 4 aliphatic rings. The standard InChI is InChI=1S/C25H45N3O/c1-21(2)27-14-9-22(10-15-27)17-24(29)28-16-12-25(20-28)11-6-13-26(19-25)18-23-7-4-3-5-8-23/h21-23H,3-20H2,1-2H3. The van der Waals surface area contributed by atoms with Crippen molar-refractivity contribution in [3.63, 3.8) is 0 Å². The summed E-state index contributed by atoms with van der Waals surface area (Å²) in [6.07, 6.45) is 14.4. The molecule has 1 atom stereocenters. The third kappa shape index (κ3) is 5.55. The Hall–Kier alpha value is -0.610. The molecule has 0 aromatic rings. The SMILES string of the molecule is CC(C)N1CCC(CC(=O)N2CCC3(CCCN(CC4CCCCC4)C3)C2)CC1. The molecule has 4 rings (SSSR count). The molecule has 1 saturated carbocycles. The smallest absolute Gasteiger partial charge is 0.222 e. The maximum Gasteiger partial charge on any atom is 0.222 e. The minimum Gasteiger partial charge on any atom is -0.342 e. The summed E-state index contributed by atoms with van der Waals surface area (Å²) in [5.74, 6) is 2.01. The number of rotatable bonds is 5. The Bertz CT molecular complexity index is 536. The average Bonchev–Trinajstić information content (AvgIpc) is 3.12. The lowest BCUT2D eigenvalue weighted by Gasteiger charge is -2.42. The van der Waals surface area contributed by atoms with Gasteiger partial charge in [-0.25, -0.2) is 0 Å². The molecule has 1 spiro atoms. The van der Waals surface area contributed by atoms with Gasteiger partial charge in [-0.2, -0.15) is 0 Å². The van der Waals surface area contributed by atoms with Gasteiger partial charge in [0, 0.05) is 44.1 Å². The van der Waals surface area contributed by atoms with Gasteiger partial charge in [-0.15, -0.1) is 0 Å². The zero-order valence-corrected chi connectivity index (χ0v) is 19.2. The number of hydrogen-bond acceptors (Lipinski definition) is 3. The van der Waals surface area contributed by atoms with Gasteiger partial charge < -0.3 is 14.7 Å². The quantitative estimate of drug-likeness (QED) is 0.681. The topological polar surface area (TPSA) is 26.8 Å². The third-order valence-corrected chi connectivity index (χ3v) is 8.62. The van der Waals surface area contributed by atoms with Crippen LogP contribution in [0.25, 0.3) is 0 Å². The van der Waals surface area contributed by atoms with Gasteiger partial charge in [0.05, 0.1) is 0 Å². The normalized spacial score (nSPS) is 31.2. The van der Waals surface area contributed by atoms with Crippen LogP contribution < -0.4 is 0 Å². The fourth-order valence-corrected chi connectivity index (χ4v) is 6.73. The molecule has 0 N–H and O–H groups in total. The predicted molar refractivity (Wildman–Crippen MR) is 120 cm³/mol. The van der Waals surface area contributed by atoms with Crippen LogP contribution in [0.3, 0.4) is 0 Å². The Morgan fingerprint density at radius 2 is 1.62 bits per heavy atom. The molecule has 3 saturated heterocycles. The van der Waals surface area contributed by atoms with E-state index in [4.69, 9.17) is 0 Å². The summed E-state index contributed by atoms with van der Waals surface area (Å²) in [5.41, 5.74) is 0.406. The van der Waals surface area contributed by atoms with E-state index in [2.05, 4.69) is 28.5 Å². The monoisotopic (exact) mass is 403 g/mol. The Labute approximate surface area is 179 Å². The second kappa shape index (κ2) is 9.68. The number of carbonyl (C=O) groups is 1. The van der Waals surface area contributed by atoms with E-state index in [1.165, 1.54) is 96.9 Å². The molecule has 4 nitrogen and oxygen atoms in total. The summed E-state index contributed by atoms with van der Waals surface area (Å²) in [4.78, 5) is 20.6. The summed E-state index contributed by atoms with van der Waals surface area (Å²) in [7, 11) is 0. The van der Waals surface area contributed by atoms with Gasteiger partial charge in [-0.3, -0.25) is 4.79 Å². The number of likely N-dealkylation sites (tertiary alicyclic amines) is 3. The average molecular weight is 404 g/mol. The highest BCUT2D eigenvalue weighted by Crippen LogP contribution is 2.40. The Balaban J connectivity index is 1.24. The fraction of sp³-hybridized carbons (Fsp3) is 0.960. The van der Waals surface area contributed by atoms with Crippen molar-refractivity contribution < 1.29 is 4.79 Å². The minimum atomic E-state index is 0.406. The molecule has 166 valence electrons. The van der Waals surface area contributed by atoms with Gasteiger partial charge in [0.25, 0.3) is 0 Å².